The molecular formula is C28H34FN6O2+. The Kier molecular flexibility index (Phi) is 6.79. The number of halogens is 1. The van der Waals surface area contributed by atoms with E-state index in [-0.39, 0.29) is 29.6 Å². The Morgan fingerprint density at radius 3 is 2.38 bits per heavy atom. The maximum atomic E-state index is 15.1. The van der Waals surface area contributed by atoms with Crippen molar-refractivity contribution in [2.45, 2.75) is 65.5 Å². The number of aromatic amines is 1. The van der Waals surface area contributed by atoms with E-state index in [0.717, 1.165) is 42.4 Å². The van der Waals surface area contributed by atoms with Crippen molar-refractivity contribution < 1.29 is 19.0 Å². The maximum Gasteiger partial charge on any atom is 0.270 e. The number of nitrogens with one attached hydrogen (secondary N) is 3. The van der Waals surface area contributed by atoms with Gasteiger partial charge in [0.25, 0.3) is 5.91 Å². The Bertz CT molecular complexity index is 1320. The average Bonchev–Trinajstić information content (AvgIpc) is 3.80. The molecule has 8 nitrogen and oxygen atoms in total. The number of rotatable bonds is 9. The van der Waals surface area contributed by atoms with Crippen molar-refractivity contribution in [3.8, 4) is 11.1 Å². The van der Waals surface area contributed by atoms with Crippen LogP contribution in [0.2, 0.25) is 0 Å². The van der Waals surface area contributed by atoms with Crippen LogP contribution in [0.3, 0.4) is 0 Å². The fraction of sp³-hybridized carbons (Fsp3) is 0.464. The van der Waals surface area contributed by atoms with Crippen LogP contribution in [0.5, 0.6) is 0 Å². The topological polar surface area (TPSA) is 103 Å². The molecule has 3 aromatic rings. The van der Waals surface area contributed by atoms with Gasteiger partial charge in [0, 0.05) is 23.4 Å². The van der Waals surface area contributed by atoms with Gasteiger partial charge < -0.3 is 10.6 Å². The lowest BCUT2D eigenvalue weighted by Crippen LogP contribution is -2.50. The van der Waals surface area contributed by atoms with Gasteiger partial charge in [0.05, 0.1) is 5.56 Å². The van der Waals surface area contributed by atoms with E-state index < -0.39 is 12.0 Å². The zero-order valence-corrected chi connectivity index (χ0v) is 21.7. The van der Waals surface area contributed by atoms with E-state index >= 15 is 4.39 Å². The summed E-state index contributed by atoms with van der Waals surface area (Å²) in [5, 5.41) is 10.0. The van der Waals surface area contributed by atoms with Crippen LogP contribution in [0.4, 0.5) is 10.2 Å². The number of nitrogens with zero attached hydrogens (tertiary/aromatic N) is 3. The number of hydrogen-bond acceptors (Lipinski definition) is 4. The Hall–Kier alpha value is -3.62. The monoisotopic (exact) mass is 505 g/mol. The van der Waals surface area contributed by atoms with Crippen molar-refractivity contribution in [3.05, 3.63) is 59.6 Å². The molecule has 3 aromatic heterocycles. The number of hydrogen-bond donors (Lipinski definition) is 2. The third kappa shape index (κ3) is 5.26. The summed E-state index contributed by atoms with van der Waals surface area (Å²) in [5.74, 6) is -0.378. The van der Waals surface area contributed by atoms with Gasteiger partial charge in [0.15, 0.2) is 12.4 Å². The Balaban J connectivity index is 1.39. The zero-order valence-electron chi connectivity index (χ0n) is 21.7. The Morgan fingerprint density at radius 1 is 1.05 bits per heavy atom. The highest BCUT2D eigenvalue weighted by Gasteiger charge is 2.48. The quantitative estimate of drug-likeness (QED) is 0.424. The highest BCUT2D eigenvalue weighted by molar-refractivity contribution is 6.00. The van der Waals surface area contributed by atoms with Gasteiger partial charge in [-0.3, -0.25) is 14.3 Å². The minimum atomic E-state index is -0.735. The predicted octanol–water partition coefficient (Wildman–Crippen LogP) is 4.27. The third-order valence-corrected chi connectivity index (χ3v) is 7.59. The first-order valence-electron chi connectivity index (χ1n) is 13.0. The lowest BCUT2D eigenvalue weighted by atomic mass is 9.88. The van der Waals surface area contributed by atoms with Crippen molar-refractivity contribution in [1.29, 1.82) is 0 Å². The van der Waals surface area contributed by atoms with Crippen molar-refractivity contribution in [1.82, 2.24) is 20.1 Å². The van der Waals surface area contributed by atoms with Gasteiger partial charge >= 0.3 is 0 Å². The number of aryl methyl sites for hydroxylation is 1. The molecule has 194 valence electrons. The van der Waals surface area contributed by atoms with E-state index in [1.807, 2.05) is 33.9 Å². The van der Waals surface area contributed by atoms with Crippen molar-refractivity contribution in [3.63, 3.8) is 0 Å². The van der Waals surface area contributed by atoms with E-state index in [1.165, 1.54) is 0 Å². The number of anilines is 1. The van der Waals surface area contributed by atoms with Crippen LogP contribution in [-0.2, 0) is 4.79 Å². The molecular weight excluding hydrogens is 471 g/mol. The first kappa shape index (κ1) is 25.0. The second-order valence-electron chi connectivity index (χ2n) is 10.7. The van der Waals surface area contributed by atoms with Gasteiger partial charge in [-0.1, -0.05) is 0 Å². The maximum absolute atomic E-state index is 15.1. The van der Waals surface area contributed by atoms with Crippen LogP contribution in [0.1, 0.15) is 67.2 Å². The molecule has 2 fully saturated rings. The van der Waals surface area contributed by atoms with Crippen molar-refractivity contribution in [2.75, 3.05) is 5.32 Å². The van der Waals surface area contributed by atoms with Crippen molar-refractivity contribution in [2.24, 2.45) is 17.8 Å². The molecule has 0 aliphatic heterocycles. The SMILES string of the molecule is Cc1c[nH+]cc(-c2ccc(NC(=O)[C@@H](NC(=O)c3ccnn3C(C)C)C(C3CC3)C3CC3)nc2F)c1C. The van der Waals surface area contributed by atoms with Crippen LogP contribution >= 0.6 is 0 Å². The minimum absolute atomic E-state index is 0.00557. The smallest absolute Gasteiger partial charge is 0.270 e. The molecule has 5 rings (SSSR count). The van der Waals surface area contributed by atoms with Crippen LogP contribution in [0.25, 0.3) is 11.1 Å². The fourth-order valence-electron chi connectivity index (χ4n) is 5.22. The number of pyridine rings is 2. The summed E-state index contributed by atoms with van der Waals surface area (Å²) in [6.07, 6.45) is 9.41. The van der Waals surface area contributed by atoms with Crippen LogP contribution in [0, 0.1) is 37.5 Å². The average molecular weight is 506 g/mol. The number of carbonyl (C=O) groups excluding carboxylic acids is 2. The molecule has 37 heavy (non-hydrogen) atoms. The first-order valence-corrected chi connectivity index (χ1v) is 13.0. The van der Waals surface area contributed by atoms with Gasteiger partial charge in [0.1, 0.15) is 17.6 Å². The molecule has 3 heterocycles. The van der Waals surface area contributed by atoms with E-state index in [1.54, 1.807) is 35.3 Å². The zero-order chi connectivity index (χ0) is 26.3. The summed E-state index contributed by atoms with van der Waals surface area (Å²) in [5.41, 5.74) is 3.46. The molecule has 2 aliphatic carbocycles. The van der Waals surface area contributed by atoms with Crippen LogP contribution < -0.4 is 15.6 Å². The summed E-state index contributed by atoms with van der Waals surface area (Å²) in [6, 6.07) is 4.16. The molecule has 3 N–H and O–H groups in total. The lowest BCUT2D eigenvalue weighted by Gasteiger charge is -2.27. The van der Waals surface area contributed by atoms with Crippen LogP contribution in [-0.4, -0.2) is 32.6 Å². The predicted molar refractivity (Wildman–Crippen MR) is 137 cm³/mol. The summed E-state index contributed by atoms with van der Waals surface area (Å²) >= 11 is 0. The van der Waals surface area contributed by atoms with Gasteiger partial charge in [-0.15, -0.1) is 0 Å². The number of amides is 2. The molecule has 0 aromatic carbocycles. The molecule has 2 saturated carbocycles. The normalized spacial score (nSPS) is 16.2. The molecule has 1 atom stereocenters. The summed E-state index contributed by atoms with van der Waals surface area (Å²) in [4.78, 5) is 33.9. The van der Waals surface area contributed by atoms with E-state index in [4.69, 9.17) is 0 Å². The Morgan fingerprint density at radius 2 is 1.76 bits per heavy atom. The second kappa shape index (κ2) is 10.0. The lowest BCUT2D eigenvalue weighted by molar-refractivity contribution is -0.377. The molecule has 2 aliphatic rings. The standard InChI is InChI=1S/C28H33FN6O2/c1-15(2)35-22(11-12-31-35)27(36)34-25(24(18-5-6-18)19-7-8-19)28(37)33-23-10-9-20(26(29)32-23)21-14-30-13-16(3)17(21)4/h9-15,18-19,24-25H,5-8H2,1-4H3,(H,34,36)(H,32,33,37)/p+1/t25-/m0/s1. The number of carbonyl (C=O) groups is 2. The van der Waals surface area contributed by atoms with E-state index in [2.05, 4.69) is 25.7 Å². The molecule has 0 unspecified atom stereocenters. The van der Waals surface area contributed by atoms with Gasteiger partial charge in [-0.05, 0) is 94.9 Å². The van der Waals surface area contributed by atoms with Gasteiger partial charge in [0.2, 0.25) is 11.9 Å². The fourth-order valence-corrected chi connectivity index (χ4v) is 5.22. The largest absolute Gasteiger partial charge is 0.339 e. The Labute approximate surface area is 216 Å². The highest BCUT2D eigenvalue weighted by Crippen LogP contribution is 2.51. The molecule has 0 spiro atoms. The summed E-state index contributed by atoms with van der Waals surface area (Å²) in [7, 11) is 0. The third-order valence-electron chi connectivity index (χ3n) is 7.59. The minimum Gasteiger partial charge on any atom is -0.339 e. The van der Waals surface area contributed by atoms with E-state index in [0.29, 0.717) is 23.1 Å². The molecule has 9 heteroatoms. The summed E-state index contributed by atoms with van der Waals surface area (Å²) in [6.45, 7) is 7.78. The molecule has 0 radical (unpaired) electrons. The highest BCUT2D eigenvalue weighted by atomic mass is 19.1. The van der Waals surface area contributed by atoms with Crippen molar-refractivity contribution >= 4 is 17.6 Å². The first-order chi connectivity index (χ1) is 17.7. The van der Waals surface area contributed by atoms with Gasteiger partial charge in [-0.25, -0.2) is 9.97 Å². The number of aromatic nitrogens is 4. The second-order valence-corrected chi connectivity index (χ2v) is 10.7. The van der Waals surface area contributed by atoms with E-state index in [9.17, 15) is 9.59 Å². The molecule has 0 saturated heterocycles. The molecule has 2 amide bonds. The summed E-state index contributed by atoms with van der Waals surface area (Å²) < 4.78 is 16.7. The van der Waals surface area contributed by atoms with Crippen LogP contribution in [0.15, 0.2) is 36.8 Å². The molecule has 0 bridgehead atoms. The van der Waals surface area contributed by atoms with Gasteiger partial charge in [-0.2, -0.15) is 9.49 Å². The number of H-pyrrole nitrogens is 1.